The molecule has 0 saturated carbocycles. The normalized spacial score (nSPS) is 10.5. The van der Waals surface area contributed by atoms with Crippen molar-refractivity contribution in [2.75, 3.05) is 13.2 Å². The van der Waals surface area contributed by atoms with Gasteiger partial charge >= 0.3 is 0 Å². The van der Waals surface area contributed by atoms with Crippen molar-refractivity contribution >= 4 is 28.1 Å². The van der Waals surface area contributed by atoms with Crippen LogP contribution in [-0.4, -0.2) is 25.3 Å². The van der Waals surface area contributed by atoms with Gasteiger partial charge in [-0.2, -0.15) is 5.10 Å². The molecule has 0 aliphatic carbocycles. The number of hydrogen-bond acceptors (Lipinski definition) is 4. The molecular weight excluding hydrogens is 360 g/mol. The molecule has 120 valence electrons. The summed E-state index contributed by atoms with van der Waals surface area (Å²) < 4.78 is 12.2. The van der Waals surface area contributed by atoms with E-state index >= 15 is 0 Å². The third-order valence-corrected chi connectivity index (χ3v) is 3.28. The number of rotatable bonds is 7. The van der Waals surface area contributed by atoms with E-state index in [4.69, 9.17) is 9.47 Å². The van der Waals surface area contributed by atoms with Crippen molar-refractivity contribution < 1.29 is 14.3 Å². The van der Waals surface area contributed by atoms with Gasteiger partial charge in [0.25, 0.3) is 0 Å². The lowest BCUT2D eigenvalue weighted by Gasteiger charge is -2.08. The molecule has 0 aliphatic heterocycles. The van der Waals surface area contributed by atoms with E-state index in [9.17, 15) is 4.79 Å². The van der Waals surface area contributed by atoms with Crippen molar-refractivity contribution in [2.24, 2.45) is 5.10 Å². The standard InChI is InChI=1S/C17H17BrN2O3/c1-13(21)20-19-12-14-2-6-16(7-3-14)22-10-11-23-17-8-4-15(18)5-9-17/h2-9,12H,10-11H2,1H3,(H,20,21)/b19-12+. The van der Waals surface area contributed by atoms with Crippen LogP contribution in [0.15, 0.2) is 58.1 Å². The molecular formula is C17H17BrN2O3. The van der Waals surface area contributed by atoms with Gasteiger partial charge in [-0.15, -0.1) is 0 Å². The molecule has 0 spiro atoms. The summed E-state index contributed by atoms with van der Waals surface area (Å²) in [5.41, 5.74) is 3.22. The fourth-order valence-electron chi connectivity index (χ4n) is 1.70. The molecule has 0 unspecified atom stereocenters. The molecule has 2 aromatic carbocycles. The van der Waals surface area contributed by atoms with Gasteiger partial charge in [0.1, 0.15) is 24.7 Å². The monoisotopic (exact) mass is 376 g/mol. The highest BCUT2D eigenvalue weighted by Crippen LogP contribution is 2.16. The van der Waals surface area contributed by atoms with Crippen LogP contribution in [0.1, 0.15) is 12.5 Å². The summed E-state index contributed by atoms with van der Waals surface area (Å²) >= 11 is 3.38. The summed E-state index contributed by atoms with van der Waals surface area (Å²) in [5, 5.41) is 3.80. The fraction of sp³-hybridized carbons (Fsp3) is 0.176. The van der Waals surface area contributed by atoms with E-state index in [-0.39, 0.29) is 5.91 Å². The van der Waals surface area contributed by atoms with Gasteiger partial charge in [-0.05, 0) is 54.1 Å². The number of carbonyl (C=O) groups excluding carboxylic acids is 1. The van der Waals surface area contributed by atoms with Crippen LogP contribution in [0.5, 0.6) is 11.5 Å². The van der Waals surface area contributed by atoms with Gasteiger partial charge in [-0.1, -0.05) is 15.9 Å². The molecule has 1 amide bonds. The van der Waals surface area contributed by atoms with Gasteiger partial charge in [0.15, 0.2) is 0 Å². The van der Waals surface area contributed by atoms with Crippen LogP contribution in [0.25, 0.3) is 0 Å². The molecule has 0 radical (unpaired) electrons. The first-order chi connectivity index (χ1) is 11.1. The Morgan fingerprint density at radius 2 is 1.57 bits per heavy atom. The zero-order valence-electron chi connectivity index (χ0n) is 12.7. The molecule has 0 bridgehead atoms. The third kappa shape index (κ3) is 6.52. The Hall–Kier alpha value is -2.34. The topological polar surface area (TPSA) is 59.9 Å². The highest BCUT2D eigenvalue weighted by molar-refractivity contribution is 9.10. The quantitative estimate of drug-likeness (QED) is 0.457. The minimum atomic E-state index is -0.202. The number of carbonyl (C=O) groups is 1. The summed E-state index contributed by atoms with van der Waals surface area (Å²) in [6.45, 7) is 2.33. The van der Waals surface area contributed by atoms with Gasteiger partial charge < -0.3 is 9.47 Å². The first kappa shape index (κ1) is 17.0. The largest absolute Gasteiger partial charge is 0.490 e. The predicted molar refractivity (Wildman–Crippen MR) is 93.0 cm³/mol. The second kappa shape index (κ2) is 8.95. The third-order valence-electron chi connectivity index (χ3n) is 2.75. The van der Waals surface area contributed by atoms with Gasteiger partial charge in [0.05, 0.1) is 6.21 Å². The zero-order valence-corrected chi connectivity index (χ0v) is 14.2. The summed E-state index contributed by atoms with van der Waals surface area (Å²) in [6, 6.07) is 15.0. The first-order valence-electron chi connectivity index (χ1n) is 7.04. The van der Waals surface area contributed by atoms with E-state index in [1.54, 1.807) is 6.21 Å². The Bertz CT molecular complexity index is 655. The summed E-state index contributed by atoms with van der Waals surface area (Å²) in [7, 11) is 0. The highest BCUT2D eigenvalue weighted by atomic mass is 79.9. The maximum atomic E-state index is 10.7. The maximum Gasteiger partial charge on any atom is 0.236 e. The molecule has 5 nitrogen and oxygen atoms in total. The van der Waals surface area contributed by atoms with Crippen LogP contribution in [0.2, 0.25) is 0 Å². The van der Waals surface area contributed by atoms with Crippen LogP contribution in [0.4, 0.5) is 0 Å². The van der Waals surface area contributed by atoms with E-state index < -0.39 is 0 Å². The number of halogens is 1. The second-order valence-electron chi connectivity index (χ2n) is 4.65. The smallest absolute Gasteiger partial charge is 0.236 e. The van der Waals surface area contributed by atoms with Crippen LogP contribution in [-0.2, 0) is 4.79 Å². The van der Waals surface area contributed by atoms with Crippen LogP contribution in [0, 0.1) is 0 Å². The lowest BCUT2D eigenvalue weighted by molar-refractivity contribution is -0.118. The molecule has 23 heavy (non-hydrogen) atoms. The Morgan fingerprint density at radius 1 is 1.04 bits per heavy atom. The maximum absolute atomic E-state index is 10.7. The Labute approximate surface area is 143 Å². The molecule has 2 aromatic rings. The SMILES string of the molecule is CC(=O)N/N=C/c1ccc(OCCOc2ccc(Br)cc2)cc1. The number of hydrazone groups is 1. The van der Waals surface area contributed by atoms with E-state index in [0.717, 1.165) is 21.5 Å². The average molecular weight is 377 g/mol. The molecule has 0 aromatic heterocycles. The predicted octanol–water partition coefficient (Wildman–Crippen LogP) is 3.38. The van der Waals surface area contributed by atoms with E-state index in [1.165, 1.54) is 6.92 Å². The number of ether oxygens (including phenoxy) is 2. The average Bonchev–Trinajstić information content (AvgIpc) is 2.54. The number of amides is 1. The Kier molecular flexibility index (Phi) is 6.62. The van der Waals surface area contributed by atoms with Crippen molar-refractivity contribution in [1.29, 1.82) is 0 Å². The molecule has 0 heterocycles. The van der Waals surface area contributed by atoms with Gasteiger partial charge in [-0.25, -0.2) is 5.43 Å². The zero-order chi connectivity index (χ0) is 16.5. The van der Waals surface area contributed by atoms with Crippen molar-refractivity contribution in [3.05, 3.63) is 58.6 Å². The van der Waals surface area contributed by atoms with Gasteiger partial charge in [0, 0.05) is 11.4 Å². The van der Waals surface area contributed by atoms with E-state index in [0.29, 0.717) is 13.2 Å². The summed E-state index contributed by atoms with van der Waals surface area (Å²) in [4.78, 5) is 10.7. The lowest BCUT2D eigenvalue weighted by Crippen LogP contribution is -2.12. The Morgan fingerprint density at radius 3 is 2.09 bits per heavy atom. The molecule has 0 atom stereocenters. The van der Waals surface area contributed by atoms with Crippen LogP contribution < -0.4 is 14.9 Å². The summed E-state index contributed by atoms with van der Waals surface area (Å²) in [5.74, 6) is 1.36. The fourth-order valence-corrected chi connectivity index (χ4v) is 1.96. The highest BCUT2D eigenvalue weighted by Gasteiger charge is 1.97. The number of nitrogens with zero attached hydrogens (tertiary/aromatic N) is 1. The van der Waals surface area contributed by atoms with E-state index in [2.05, 4.69) is 26.5 Å². The minimum Gasteiger partial charge on any atom is -0.490 e. The van der Waals surface area contributed by atoms with Gasteiger partial charge in [-0.3, -0.25) is 4.79 Å². The molecule has 1 N–H and O–H groups in total. The molecule has 0 fully saturated rings. The molecule has 2 rings (SSSR count). The Balaban J connectivity index is 1.72. The number of benzene rings is 2. The van der Waals surface area contributed by atoms with Gasteiger partial charge in [0.2, 0.25) is 5.91 Å². The number of hydrogen-bond donors (Lipinski definition) is 1. The van der Waals surface area contributed by atoms with Crippen molar-refractivity contribution in [3.8, 4) is 11.5 Å². The van der Waals surface area contributed by atoms with Crippen molar-refractivity contribution in [1.82, 2.24) is 5.43 Å². The molecule has 6 heteroatoms. The van der Waals surface area contributed by atoms with Crippen molar-refractivity contribution in [3.63, 3.8) is 0 Å². The van der Waals surface area contributed by atoms with Crippen LogP contribution >= 0.6 is 15.9 Å². The number of nitrogens with one attached hydrogen (secondary N) is 1. The second-order valence-corrected chi connectivity index (χ2v) is 5.56. The minimum absolute atomic E-state index is 0.202. The molecule has 0 aliphatic rings. The first-order valence-corrected chi connectivity index (χ1v) is 7.83. The van der Waals surface area contributed by atoms with Crippen LogP contribution in [0.3, 0.4) is 0 Å². The van der Waals surface area contributed by atoms with Crippen molar-refractivity contribution in [2.45, 2.75) is 6.92 Å². The van der Waals surface area contributed by atoms with E-state index in [1.807, 2.05) is 48.5 Å². The lowest BCUT2D eigenvalue weighted by atomic mass is 10.2. The summed E-state index contributed by atoms with van der Waals surface area (Å²) in [6.07, 6.45) is 1.57. The molecule has 0 saturated heterocycles.